The van der Waals surface area contributed by atoms with Crippen molar-refractivity contribution in [3.63, 3.8) is 0 Å². The van der Waals surface area contributed by atoms with E-state index in [1.165, 1.54) is 39.8 Å². The average molecular weight is 538 g/mol. The molecular formula is C22H20BrNO10. The molecule has 0 saturated carbocycles. The van der Waals surface area contributed by atoms with Crippen molar-refractivity contribution in [1.82, 2.24) is 4.90 Å². The van der Waals surface area contributed by atoms with Crippen LogP contribution in [-0.4, -0.2) is 64.5 Å². The first-order valence-corrected chi connectivity index (χ1v) is 10.8. The number of amides is 1. The molecule has 12 heteroatoms. The van der Waals surface area contributed by atoms with Gasteiger partial charge in [0.05, 0.1) is 12.8 Å². The second-order valence-corrected chi connectivity index (χ2v) is 9.42. The van der Waals surface area contributed by atoms with Gasteiger partial charge in [-0.15, -0.1) is 0 Å². The number of halogens is 1. The highest BCUT2D eigenvalue weighted by Crippen LogP contribution is 2.58. The zero-order valence-electron chi connectivity index (χ0n) is 18.8. The van der Waals surface area contributed by atoms with Crippen molar-refractivity contribution in [2.45, 2.75) is 50.4 Å². The number of benzene rings is 1. The molecule has 1 atom stereocenters. The van der Waals surface area contributed by atoms with Gasteiger partial charge in [-0.3, -0.25) is 9.69 Å². The highest BCUT2D eigenvalue weighted by Gasteiger charge is 2.92. The summed E-state index contributed by atoms with van der Waals surface area (Å²) >= 11 is 3.11. The third kappa shape index (κ3) is 2.94. The zero-order valence-corrected chi connectivity index (χ0v) is 20.4. The molecule has 11 nitrogen and oxygen atoms in total. The Balaban J connectivity index is 2.03. The normalized spacial score (nSPS) is 26.9. The SMILES string of the molecule is COC(=O)/C(Br)=C(/c1ccccc1)N1C(=O)[C@@]2(OC(C)(C)OC2=O)C12C(=O)OC(C)(C)OC2=O. The molecule has 0 N–H and O–H groups in total. The van der Waals surface area contributed by atoms with Crippen molar-refractivity contribution >= 4 is 51.4 Å². The highest BCUT2D eigenvalue weighted by atomic mass is 79.9. The molecule has 0 radical (unpaired) electrons. The smallest absolute Gasteiger partial charge is 0.354 e. The van der Waals surface area contributed by atoms with Crippen LogP contribution in [0.3, 0.4) is 0 Å². The Kier molecular flexibility index (Phi) is 5.18. The van der Waals surface area contributed by atoms with Gasteiger partial charge < -0.3 is 23.7 Å². The number of esters is 4. The number of hydrogen-bond donors (Lipinski definition) is 0. The lowest BCUT2D eigenvalue weighted by Crippen LogP contribution is -2.91. The second kappa shape index (κ2) is 7.37. The number of cyclic esters (lactones) is 3. The van der Waals surface area contributed by atoms with E-state index in [0.717, 1.165) is 7.11 Å². The molecule has 0 bridgehead atoms. The van der Waals surface area contributed by atoms with E-state index in [1.807, 2.05) is 0 Å². The Morgan fingerprint density at radius 2 is 1.41 bits per heavy atom. The van der Waals surface area contributed by atoms with E-state index in [0.29, 0.717) is 4.90 Å². The fourth-order valence-electron chi connectivity index (χ4n) is 4.22. The van der Waals surface area contributed by atoms with E-state index < -0.39 is 52.5 Å². The van der Waals surface area contributed by atoms with Crippen LogP contribution in [-0.2, 0) is 47.7 Å². The van der Waals surface area contributed by atoms with Crippen LogP contribution < -0.4 is 0 Å². The molecule has 0 aliphatic carbocycles. The molecule has 34 heavy (non-hydrogen) atoms. The first-order chi connectivity index (χ1) is 15.7. The van der Waals surface area contributed by atoms with Crippen molar-refractivity contribution in [2.24, 2.45) is 0 Å². The lowest BCUT2D eigenvalue weighted by atomic mass is 9.67. The van der Waals surface area contributed by atoms with Gasteiger partial charge in [-0.05, 0) is 21.5 Å². The number of ether oxygens (including phenoxy) is 5. The monoisotopic (exact) mass is 537 g/mol. The standard InChI is InChI=1S/C22H20BrNO10/c1-19(2)31-16(27)21(17(28)32-19)22(18(29)33-20(3,4)34-22)15(26)24(21)13(12(23)14(25)30-5)11-9-7-6-8-10-11/h6-10H,1-5H3/b13-12+/t22-/m0/s1. The van der Waals surface area contributed by atoms with Crippen LogP contribution in [0.2, 0.25) is 0 Å². The van der Waals surface area contributed by atoms with E-state index in [9.17, 15) is 24.0 Å². The average Bonchev–Trinajstić information content (AvgIpc) is 3.01. The molecule has 3 heterocycles. The van der Waals surface area contributed by atoms with Crippen molar-refractivity contribution in [1.29, 1.82) is 0 Å². The number of nitrogens with zero attached hydrogens (tertiary/aromatic N) is 1. The summed E-state index contributed by atoms with van der Waals surface area (Å²) in [5, 5.41) is 0. The highest BCUT2D eigenvalue weighted by molar-refractivity contribution is 9.12. The maximum absolute atomic E-state index is 13.7. The van der Waals surface area contributed by atoms with Crippen LogP contribution in [0.25, 0.3) is 5.70 Å². The van der Waals surface area contributed by atoms with Gasteiger partial charge >= 0.3 is 23.9 Å². The molecule has 1 aromatic rings. The number of rotatable bonds is 3. The summed E-state index contributed by atoms with van der Waals surface area (Å²) in [6.45, 7) is 5.29. The summed E-state index contributed by atoms with van der Waals surface area (Å²) in [6, 6.07) is 7.92. The first-order valence-electron chi connectivity index (χ1n) is 10.0. The van der Waals surface area contributed by atoms with Crippen LogP contribution in [0.1, 0.15) is 33.3 Å². The number of hydrogen-bond acceptors (Lipinski definition) is 10. The molecule has 3 saturated heterocycles. The van der Waals surface area contributed by atoms with Gasteiger partial charge in [0.1, 0.15) is 4.48 Å². The van der Waals surface area contributed by atoms with Crippen molar-refractivity contribution in [2.75, 3.05) is 7.11 Å². The van der Waals surface area contributed by atoms with Gasteiger partial charge in [-0.1, -0.05) is 30.3 Å². The fraction of sp³-hybridized carbons (Fsp3) is 0.409. The Hall–Kier alpha value is -3.25. The Morgan fingerprint density at radius 1 is 0.882 bits per heavy atom. The summed E-state index contributed by atoms with van der Waals surface area (Å²) in [5.74, 6) is -9.25. The maximum Gasteiger partial charge on any atom is 0.354 e. The topological polar surface area (TPSA) is 135 Å². The quantitative estimate of drug-likeness (QED) is 0.183. The predicted octanol–water partition coefficient (Wildman–Crippen LogP) is 1.39. The Morgan fingerprint density at radius 3 is 1.88 bits per heavy atom. The summed E-state index contributed by atoms with van der Waals surface area (Å²) in [4.78, 5) is 67.0. The molecule has 2 spiro atoms. The molecule has 3 aliphatic rings. The van der Waals surface area contributed by atoms with Gasteiger partial charge in [0.2, 0.25) is 5.79 Å². The summed E-state index contributed by atoms with van der Waals surface area (Å²) in [5.41, 5.74) is -5.51. The van der Waals surface area contributed by atoms with Crippen LogP contribution in [0.15, 0.2) is 34.8 Å². The second-order valence-electron chi connectivity index (χ2n) is 8.62. The minimum Gasteiger partial charge on any atom is -0.465 e. The summed E-state index contributed by atoms with van der Waals surface area (Å²) in [7, 11) is 1.10. The van der Waals surface area contributed by atoms with E-state index in [1.54, 1.807) is 18.2 Å². The Labute approximate surface area is 202 Å². The predicted molar refractivity (Wildman–Crippen MR) is 114 cm³/mol. The van der Waals surface area contributed by atoms with Gasteiger partial charge in [-0.25, -0.2) is 19.2 Å². The van der Waals surface area contributed by atoms with Gasteiger partial charge in [0, 0.05) is 27.7 Å². The Bertz CT molecular complexity index is 1150. The first kappa shape index (κ1) is 23.9. The lowest BCUT2D eigenvalue weighted by Gasteiger charge is -2.58. The molecule has 4 rings (SSSR count). The van der Waals surface area contributed by atoms with E-state index in [-0.39, 0.29) is 15.7 Å². The van der Waals surface area contributed by atoms with Crippen molar-refractivity contribution in [3.8, 4) is 0 Å². The molecule has 1 aromatic carbocycles. The molecule has 180 valence electrons. The van der Waals surface area contributed by atoms with E-state index in [4.69, 9.17) is 23.7 Å². The van der Waals surface area contributed by atoms with Crippen molar-refractivity contribution < 1.29 is 47.7 Å². The van der Waals surface area contributed by atoms with Gasteiger partial charge in [0.15, 0.2) is 0 Å². The molecule has 0 unspecified atom stereocenters. The third-order valence-corrected chi connectivity index (χ3v) is 6.18. The van der Waals surface area contributed by atoms with E-state index in [2.05, 4.69) is 15.9 Å². The number of methoxy groups -OCH3 is 1. The molecule has 1 amide bonds. The lowest BCUT2D eigenvalue weighted by molar-refractivity contribution is -0.284. The fourth-order valence-corrected chi connectivity index (χ4v) is 4.79. The third-order valence-electron chi connectivity index (χ3n) is 5.49. The molecule has 3 fully saturated rings. The number of fused-ring (bicyclic) bond motifs is 1. The minimum atomic E-state index is -2.78. The van der Waals surface area contributed by atoms with Gasteiger partial charge in [-0.2, -0.15) is 0 Å². The van der Waals surface area contributed by atoms with Gasteiger partial charge in [0.25, 0.3) is 22.8 Å². The largest absolute Gasteiger partial charge is 0.465 e. The maximum atomic E-state index is 13.7. The molecule has 3 aliphatic heterocycles. The molecular weight excluding hydrogens is 518 g/mol. The van der Waals surface area contributed by atoms with Crippen LogP contribution in [0, 0.1) is 0 Å². The number of carbonyl (C=O) groups excluding carboxylic acids is 5. The number of carbonyl (C=O) groups is 5. The minimum absolute atomic E-state index is 0.235. The van der Waals surface area contributed by atoms with Crippen LogP contribution in [0.4, 0.5) is 0 Å². The summed E-state index contributed by atoms with van der Waals surface area (Å²) < 4.78 is 25.9. The zero-order chi connectivity index (χ0) is 25.3. The number of β-lactam (4-membered cyclic amide) rings is 1. The number of likely N-dealkylation sites (tertiary alicyclic amines) is 1. The van der Waals surface area contributed by atoms with Crippen LogP contribution >= 0.6 is 15.9 Å². The van der Waals surface area contributed by atoms with E-state index >= 15 is 0 Å². The van der Waals surface area contributed by atoms with Crippen LogP contribution in [0.5, 0.6) is 0 Å². The van der Waals surface area contributed by atoms with Crippen molar-refractivity contribution in [3.05, 3.63) is 40.4 Å². The summed E-state index contributed by atoms with van der Waals surface area (Å²) in [6.07, 6.45) is 0. The molecule has 0 aromatic heterocycles.